The van der Waals surface area contributed by atoms with Crippen LogP contribution in [0.5, 0.6) is 0 Å². The predicted octanol–water partition coefficient (Wildman–Crippen LogP) is 4.00. The van der Waals surface area contributed by atoms with Crippen LogP contribution in [0.25, 0.3) is 11.1 Å². The molecule has 0 fully saturated rings. The van der Waals surface area contributed by atoms with Crippen molar-refractivity contribution in [3.05, 3.63) is 58.6 Å². The van der Waals surface area contributed by atoms with E-state index in [1.807, 2.05) is 0 Å². The first-order valence-corrected chi connectivity index (χ1v) is 5.87. The summed E-state index contributed by atoms with van der Waals surface area (Å²) in [4.78, 5) is 0. The Morgan fingerprint density at radius 2 is 1.72 bits per heavy atom. The lowest BCUT2D eigenvalue weighted by atomic mass is 9.99. The molecule has 1 nitrogen and oxygen atoms in total. The average molecular weight is 268 g/mol. The van der Waals surface area contributed by atoms with Gasteiger partial charge >= 0.3 is 0 Å². The molecule has 0 amide bonds. The summed E-state index contributed by atoms with van der Waals surface area (Å²) >= 11 is 5.93. The summed E-state index contributed by atoms with van der Waals surface area (Å²) in [6.07, 6.45) is 0. The average Bonchev–Trinajstić information content (AvgIpc) is 2.28. The maximum absolute atomic E-state index is 13.2. The summed E-state index contributed by atoms with van der Waals surface area (Å²) in [6.45, 7) is 0.577. The molecule has 1 N–H and O–H groups in total. The van der Waals surface area contributed by atoms with Gasteiger partial charge in [-0.15, -0.1) is 0 Å². The molecule has 2 aromatic rings. The second kappa shape index (κ2) is 5.46. The summed E-state index contributed by atoms with van der Waals surface area (Å²) < 4.78 is 26.5. The normalized spacial score (nSPS) is 10.7. The molecule has 0 bridgehead atoms. The van der Waals surface area contributed by atoms with Gasteiger partial charge in [-0.3, -0.25) is 0 Å². The lowest BCUT2D eigenvalue weighted by Gasteiger charge is -2.10. The first kappa shape index (κ1) is 13.0. The molecule has 0 aliphatic rings. The highest BCUT2D eigenvalue weighted by Crippen LogP contribution is 2.27. The Morgan fingerprint density at radius 3 is 2.33 bits per heavy atom. The SMILES string of the molecule is CNCc1cc(Cl)ccc1-c1cc(F)cc(F)c1. The van der Waals surface area contributed by atoms with Gasteiger partial charge in [0.25, 0.3) is 0 Å². The molecular weight excluding hydrogens is 256 g/mol. The van der Waals surface area contributed by atoms with Crippen LogP contribution in [0.2, 0.25) is 5.02 Å². The molecule has 0 atom stereocenters. The quantitative estimate of drug-likeness (QED) is 0.886. The third kappa shape index (κ3) is 2.86. The van der Waals surface area contributed by atoms with Crippen molar-refractivity contribution in [1.29, 1.82) is 0 Å². The Labute approximate surface area is 109 Å². The number of rotatable bonds is 3. The molecule has 0 saturated heterocycles. The van der Waals surface area contributed by atoms with E-state index in [0.29, 0.717) is 17.1 Å². The third-order valence-corrected chi connectivity index (χ3v) is 2.84. The van der Waals surface area contributed by atoms with Gasteiger partial charge in [0.05, 0.1) is 0 Å². The molecule has 2 aromatic carbocycles. The van der Waals surface area contributed by atoms with Crippen LogP contribution >= 0.6 is 11.6 Å². The summed E-state index contributed by atoms with van der Waals surface area (Å²) in [5.41, 5.74) is 2.18. The van der Waals surface area contributed by atoms with Crippen molar-refractivity contribution in [3.8, 4) is 11.1 Å². The lowest BCUT2D eigenvalue weighted by molar-refractivity contribution is 0.584. The molecule has 18 heavy (non-hydrogen) atoms. The Hall–Kier alpha value is -1.45. The molecule has 0 aromatic heterocycles. The summed E-state index contributed by atoms with van der Waals surface area (Å²) in [7, 11) is 1.80. The maximum Gasteiger partial charge on any atom is 0.126 e. The van der Waals surface area contributed by atoms with E-state index >= 15 is 0 Å². The fourth-order valence-corrected chi connectivity index (χ4v) is 2.08. The highest BCUT2D eigenvalue weighted by atomic mass is 35.5. The molecule has 0 unspecified atom stereocenters. The van der Waals surface area contributed by atoms with Gasteiger partial charge in [0.15, 0.2) is 0 Å². The van der Waals surface area contributed by atoms with Gasteiger partial charge in [0, 0.05) is 17.6 Å². The molecule has 0 aliphatic heterocycles. The minimum atomic E-state index is -0.588. The van der Waals surface area contributed by atoms with Crippen LogP contribution < -0.4 is 5.32 Å². The number of hydrogen-bond acceptors (Lipinski definition) is 1. The van der Waals surface area contributed by atoms with E-state index in [1.54, 1.807) is 25.2 Å². The Balaban J connectivity index is 2.55. The van der Waals surface area contributed by atoms with Crippen LogP contribution in [0.4, 0.5) is 8.78 Å². The molecule has 0 radical (unpaired) electrons. The van der Waals surface area contributed by atoms with Gasteiger partial charge in [-0.1, -0.05) is 17.7 Å². The van der Waals surface area contributed by atoms with Gasteiger partial charge < -0.3 is 5.32 Å². The van der Waals surface area contributed by atoms with Crippen LogP contribution in [-0.4, -0.2) is 7.05 Å². The molecule has 4 heteroatoms. The summed E-state index contributed by atoms with van der Waals surface area (Å²) in [5.74, 6) is -1.18. The van der Waals surface area contributed by atoms with E-state index in [1.165, 1.54) is 12.1 Å². The van der Waals surface area contributed by atoms with Crippen LogP contribution in [0.15, 0.2) is 36.4 Å². The van der Waals surface area contributed by atoms with E-state index in [2.05, 4.69) is 5.32 Å². The molecule has 94 valence electrons. The minimum absolute atomic E-state index is 0.509. The Bertz CT molecular complexity index is 549. The lowest BCUT2D eigenvalue weighted by Crippen LogP contribution is -2.06. The first-order valence-electron chi connectivity index (χ1n) is 5.49. The number of benzene rings is 2. The zero-order chi connectivity index (χ0) is 13.1. The maximum atomic E-state index is 13.2. The molecule has 0 saturated carbocycles. The Kier molecular flexibility index (Phi) is 3.94. The molecule has 0 spiro atoms. The van der Waals surface area contributed by atoms with Crippen molar-refractivity contribution in [3.63, 3.8) is 0 Å². The zero-order valence-electron chi connectivity index (χ0n) is 9.81. The fourth-order valence-electron chi connectivity index (χ4n) is 1.89. The largest absolute Gasteiger partial charge is 0.316 e. The van der Waals surface area contributed by atoms with Crippen molar-refractivity contribution >= 4 is 11.6 Å². The second-order valence-corrected chi connectivity index (χ2v) is 4.43. The summed E-state index contributed by atoms with van der Waals surface area (Å²) in [5, 5.41) is 3.60. The minimum Gasteiger partial charge on any atom is -0.316 e. The molecule has 0 heterocycles. The Morgan fingerprint density at radius 1 is 1.06 bits per heavy atom. The third-order valence-electron chi connectivity index (χ3n) is 2.61. The van der Waals surface area contributed by atoms with E-state index in [-0.39, 0.29) is 0 Å². The van der Waals surface area contributed by atoms with Crippen LogP contribution in [0.1, 0.15) is 5.56 Å². The van der Waals surface area contributed by atoms with Crippen molar-refractivity contribution < 1.29 is 8.78 Å². The van der Waals surface area contributed by atoms with Crippen LogP contribution in [0.3, 0.4) is 0 Å². The topological polar surface area (TPSA) is 12.0 Å². The van der Waals surface area contributed by atoms with Crippen molar-refractivity contribution in [2.75, 3.05) is 7.05 Å². The van der Waals surface area contributed by atoms with Gasteiger partial charge in [0.1, 0.15) is 11.6 Å². The standard InChI is InChI=1S/C14H12ClF2N/c1-18-8-10-4-11(15)2-3-14(10)9-5-12(16)7-13(17)6-9/h2-7,18H,8H2,1H3. The van der Waals surface area contributed by atoms with Gasteiger partial charge in [-0.05, 0) is 48.0 Å². The van der Waals surface area contributed by atoms with Crippen molar-refractivity contribution in [2.24, 2.45) is 0 Å². The van der Waals surface area contributed by atoms with Crippen molar-refractivity contribution in [2.45, 2.75) is 6.54 Å². The van der Waals surface area contributed by atoms with E-state index in [9.17, 15) is 8.78 Å². The number of hydrogen-bond donors (Lipinski definition) is 1. The van der Waals surface area contributed by atoms with E-state index in [4.69, 9.17) is 11.6 Å². The fraction of sp³-hybridized carbons (Fsp3) is 0.143. The molecule has 2 rings (SSSR count). The van der Waals surface area contributed by atoms with Gasteiger partial charge in [-0.25, -0.2) is 8.78 Å². The molecular formula is C14H12ClF2N. The van der Waals surface area contributed by atoms with E-state index < -0.39 is 11.6 Å². The number of nitrogens with one attached hydrogen (secondary N) is 1. The smallest absolute Gasteiger partial charge is 0.126 e. The molecule has 0 aliphatic carbocycles. The van der Waals surface area contributed by atoms with Crippen molar-refractivity contribution in [1.82, 2.24) is 5.32 Å². The van der Waals surface area contributed by atoms with Crippen LogP contribution in [0, 0.1) is 11.6 Å². The van der Waals surface area contributed by atoms with E-state index in [0.717, 1.165) is 17.2 Å². The zero-order valence-corrected chi connectivity index (χ0v) is 10.6. The second-order valence-electron chi connectivity index (χ2n) is 3.99. The highest BCUT2D eigenvalue weighted by Gasteiger charge is 2.08. The monoisotopic (exact) mass is 267 g/mol. The van der Waals surface area contributed by atoms with Gasteiger partial charge in [0.2, 0.25) is 0 Å². The van der Waals surface area contributed by atoms with Gasteiger partial charge in [-0.2, -0.15) is 0 Å². The number of halogens is 3. The first-order chi connectivity index (χ1) is 8.60. The predicted molar refractivity (Wildman–Crippen MR) is 69.6 cm³/mol. The summed E-state index contributed by atoms with van der Waals surface area (Å²) in [6, 6.07) is 8.74. The highest BCUT2D eigenvalue weighted by molar-refractivity contribution is 6.30. The van der Waals surface area contributed by atoms with Crippen LogP contribution in [-0.2, 0) is 6.54 Å².